The first-order valence-corrected chi connectivity index (χ1v) is 11.2. The van der Waals surface area contributed by atoms with Crippen LogP contribution in [0.5, 0.6) is 0 Å². The quantitative estimate of drug-likeness (QED) is 0.586. The van der Waals surface area contributed by atoms with E-state index in [4.69, 9.17) is 0 Å². The van der Waals surface area contributed by atoms with E-state index in [0.29, 0.717) is 31.3 Å². The van der Waals surface area contributed by atoms with Gasteiger partial charge in [0, 0.05) is 38.8 Å². The number of amides is 2. The molecule has 2 amide bonds. The summed E-state index contributed by atoms with van der Waals surface area (Å²) in [6.45, 7) is 3.90. The third kappa shape index (κ3) is 4.35. The second-order valence-corrected chi connectivity index (χ2v) is 8.52. The molecule has 1 fully saturated rings. The minimum absolute atomic E-state index is 0.0542. The van der Waals surface area contributed by atoms with Crippen LogP contribution >= 0.6 is 23.1 Å². The summed E-state index contributed by atoms with van der Waals surface area (Å²) in [5.41, 5.74) is 0.964. The molecule has 0 radical (unpaired) electrons. The van der Waals surface area contributed by atoms with Crippen molar-refractivity contribution in [2.45, 2.75) is 12.1 Å². The zero-order chi connectivity index (χ0) is 20.2. The van der Waals surface area contributed by atoms with Crippen molar-refractivity contribution in [3.8, 4) is 16.4 Å². The van der Waals surface area contributed by atoms with Crippen LogP contribution in [0.3, 0.4) is 0 Å². The van der Waals surface area contributed by atoms with Crippen molar-refractivity contribution >= 4 is 34.9 Å². The molecule has 150 valence electrons. The van der Waals surface area contributed by atoms with Gasteiger partial charge in [0.15, 0.2) is 11.0 Å². The second-order valence-electron chi connectivity index (χ2n) is 6.63. The van der Waals surface area contributed by atoms with E-state index in [1.54, 1.807) is 23.2 Å². The summed E-state index contributed by atoms with van der Waals surface area (Å²) in [5, 5.41) is 11.4. The third-order valence-corrected chi connectivity index (χ3v) is 6.57. The monoisotopic (exact) mass is 427 g/mol. The van der Waals surface area contributed by atoms with Gasteiger partial charge in [0.25, 0.3) is 0 Å². The average molecular weight is 428 g/mol. The Hall–Kier alpha value is -2.65. The molecule has 1 aliphatic heterocycles. The van der Waals surface area contributed by atoms with Crippen LogP contribution in [0.2, 0.25) is 0 Å². The number of piperazine rings is 1. The Morgan fingerprint density at radius 2 is 1.72 bits per heavy atom. The Morgan fingerprint density at radius 1 is 1.00 bits per heavy atom. The Bertz CT molecular complexity index is 980. The lowest BCUT2D eigenvalue weighted by Gasteiger charge is -2.34. The minimum Gasteiger partial charge on any atom is -0.339 e. The van der Waals surface area contributed by atoms with Gasteiger partial charge in [-0.15, -0.1) is 21.5 Å². The van der Waals surface area contributed by atoms with Gasteiger partial charge in [-0.1, -0.05) is 36.0 Å². The van der Waals surface area contributed by atoms with Gasteiger partial charge in [-0.2, -0.15) is 0 Å². The van der Waals surface area contributed by atoms with Gasteiger partial charge in [-0.25, -0.2) is 0 Å². The normalized spacial score (nSPS) is 14.2. The molecule has 0 bridgehead atoms. The molecule has 2 aromatic heterocycles. The number of thioether (sulfide) groups is 1. The predicted molar refractivity (Wildman–Crippen MR) is 114 cm³/mol. The SMILES string of the molecule is CC(=O)N1CCN(C(=O)CSc2nnc(-c3cccs3)n2-c2ccccc2)CC1. The highest BCUT2D eigenvalue weighted by Crippen LogP contribution is 2.30. The summed E-state index contributed by atoms with van der Waals surface area (Å²) in [5.74, 6) is 1.17. The maximum atomic E-state index is 12.7. The molecule has 0 atom stereocenters. The number of para-hydroxylation sites is 1. The van der Waals surface area contributed by atoms with Crippen LogP contribution in [0.4, 0.5) is 0 Å². The molecule has 0 saturated carbocycles. The molecule has 1 aromatic carbocycles. The minimum atomic E-state index is 0.0542. The number of rotatable bonds is 5. The Labute approximate surface area is 177 Å². The van der Waals surface area contributed by atoms with Gasteiger partial charge in [-0.3, -0.25) is 14.2 Å². The molecule has 4 rings (SSSR count). The highest BCUT2D eigenvalue weighted by atomic mass is 32.2. The highest BCUT2D eigenvalue weighted by molar-refractivity contribution is 7.99. The number of benzene rings is 1. The first-order chi connectivity index (χ1) is 14.1. The highest BCUT2D eigenvalue weighted by Gasteiger charge is 2.24. The molecular weight excluding hydrogens is 406 g/mol. The Balaban J connectivity index is 1.49. The fourth-order valence-electron chi connectivity index (χ4n) is 3.23. The molecule has 3 heterocycles. The van der Waals surface area contributed by atoms with Crippen molar-refractivity contribution in [1.29, 1.82) is 0 Å². The number of thiophene rings is 1. The maximum absolute atomic E-state index is 12.7. The second kappa shape index (κ2) is 8.79. The fourth-order valence-corrected chi connectivity index (χ4v) is 4.78. The molecule has 1 saturated heterocycles. The van der Waals surface area contributed by atoms with E-state index in [9.17, 15) is 9.59 Å². The molecule has 3 aromatic rings. The number of hydrogen-bond acceptors (Lipinski definition) is 6. The molecule has 9 heteroatoms. The molecule has 0 unspecified atom stereocenters. The van der Waals surface area contributed by atoms with Crippen LogP contribution in [-0.2, 0) is 9.59 Å². The van der Waals surface area contributed by atoms with Crippen molar-refractivity contribution in [2.75, 3.05) is 31.9 Å². The summed E-state index contributed by atoms with van der Waals surface area (Å²) in [6.07, 6.45) is 0. The van der Waals surface area contributed by atoms with Crippen molar-refractivity contribution in [2.24, 2.45) is 0 Å². The summed E-state index contributed by atoms with van der Waals surface area (Å²) >= 11 is 3.00. The van der Waals surface area contributed by atoms with E-state index in [0.717, 1.165) is 16.4 Å². The van der Waals surface area contributed by atoms with Crippen LogP contribution in [-0.4, -0.2) is 68.3 Å². The van der Waals surface area contributed by atoms with Crippen molar-refractivity contribution in [3.63, 3.8) is 0 Å². The standard InChI is InChI=1S/C20H21N5O2S2/c1-15(26)23-9-11-24(12-10-23)18(27)14-29-20-22-21-19(17-8-5-13-28-17)25(20)16-6-3-2-4-7-16/h2-8,13H,9-12,14H2,1H3. The lowest BCUT2D eigenvalue weighted by atomic mass is 10.3. The van der Waals surface area contributed by atoms with Crippen LogP contribution in [0.15, 0.2) is 53.0 Å². The fraction of sp³-hybridized carbons (Fsp3) is 0.300. The van der Waals surface area contributed by atoms with E-state index < -0.39 is 0 Å². The van der Waals surface area contributed by atoms with Crippen molar-refractivity contribution < 1.29 is 9.59 Å². The van der Waals surface area contributed by atoms with Crippen molar-refractivity contribution in [3.05, 3.63) is 47.8 Å². The predicted octanol–water partition coefficient (Wildman–Crippen LogP) is 2.78. The number of hydrogen-bond donors (Lipinski definition) is 0. The Morgan fingerprint density at radius 3 is 2.38 bits per heavy atom. The number of carbonyl (C=O) groups is 2. The van der Waals surface area contributed by atoms with Crippen LogP contribution in [0.1, 0.15) is 6.92 Å². The molecule has 0 spiro atoms. The molecule has 7 nitrogen and oxygen atoms in total. The lowest BCUT2D eigenvalue weighted by molar-refractivity contribution is -0.136. The van der Waals surface area contributed by atoms with Gasteiger partial charge >= 0.3 is 0 Å². The smallest absolute Gasteiger partial charge is 0.233 e. The topological polar surface area (TPSA) is 71.3 Å². The van der Waals surface area contributed by atoms with Crippen molar-refractivity contribution in [1.82, 2.24) is 24.6 Å². The van der Waals surface area contributed by atoms with E-state index >= 15 is 0 Å². The van der Waals surface area contributed by atoms with Gasteiger partial charge in [0.1, 0.15) is 0 Å². The first kappa shape index (κ1) is 19.7. The Kier molecular flexibility index (Phi) is 5.96. The number of aromatic nitrogens is 3. The largest absolute Gasteiger partial charge is 0.339 e. The average Bonchev–Trinajstić information content (AvgIpc) is 3.42. The molecule has 0 N–H and O–H groups in total. The summed E-state index contributed by atoms with van der Waals surface area (Å²) in [6, 6.07) is 13.9. The van der Waals surface area contributed by atoms with Crippen LogP contribution in [0.25, 0.3) is 16.4 Å². The number of nitrogens with zero attached hydrogens (tertiary/aromatic N) is 5. The molecule has 0 aliphatic carbocycles. The van der Waals surface area contributed by atoms with Gasteiger partial charge in [-0.05, 0) is 23.6 Å². The zero-order valence-electron chi connectivity index (χ0n) is 16.0. The maximum Gasteiger partial charge on any atom is 0.233 e. The number of carbonyl (C=O) groups excluding carboxylic acids is 2. The first-order valence-electron chi connectivity index (χ1n) is 9.34. The summed E-state index contributed by atoms with van der Waals surface area (Å²) < 4.78 is 2.00. The van der Waals surface area contributed by atoms with E-state index in [2.05, 4.69) is 10.2 Å². The van der Waals surface area contributed by atoms with Crippen LogP contribution in [0, 0.1) is 0 Å². The van der Waals surface area contributed by atoms with E-state index in [1.807, 2.05) is 57.3 Å². The molecule has 1 aliphatic rings. The van der Waals surface area contributed by atoms with Crippen LogP contribution < -0.4 is 0 Å². The van der Waals surface area contributed by atoms with E-state index in [-0.39, 0.29) is 17.6 Å². The van der Waals surface area contributed by atoms with Gasteiger partial charge in [0.2, 0.25) is 11.8 Å². The lowest BCUT2D eigenvalue weighted by Crippen LogP contribution is -2.50. The van der Waals surface area contributed by atoms with Gasteiger partial charge < -0.3 is 9.80 Å². The van der Waals surface area contributed by atoms with Gasteiger partial charge in [0.05, 0.1) is 10.6 Å². The third-order valence-electron chi connectivity index (χ3n) is 4.79. The molecular formula is C20H21N5O2S2. The summed E-state index contributed by atoms with van der Waals surface area (Å²) in [4.78, 5) is 28.8. The van der Waals surface area contributed by atoms with E-state index in [1.165, 1.54) is 11.8 Å². The zero-order valence-corrected chi connectivity index (χ0v) is 17.7. The molecule has 29 heavy (non-hydrogen) atoms. The summed E-state index contributed by atoms with van der Waals surface area (Å²) in [7, 11) is 0.